The molecule has 0 bridgehead atoms. The number of hydrogen-bond acceptors (Lipinski definition) is 3. The third-order valence-electron chi connectivity index (χ3n) is 4.01. The number of rotatable bonds is 3. The van der Waals surface area contributed by atoms with E-state index in [9.17, 15) is 21.6 Å². The van der Waals surface area contributed by atoms with Gasteiger partial charge in [0.05, 0.1) is 10.5 Å². The van der Waals surface area contributed by atoms with E-state index >= 15 is 0 Å². The summed E-state index contributed by atoms with van der Waals surface area (Å²) >= 11 is 0. The van der Waals surface area contributed by atoms with Crippen molar-refractivity contribution in [1.82, 2.24) is 9.62 Å². The summed E-state index contributed by atoms with van der Waals surface area (Å²) in [5.41, 5.74) is -0.890. The number of sulfonamides is 1. The van der Waals surface area contributed by atoms with Gasteiger partial charge in [0.25, 0.3) is 0 Å². The minimum Gasteiger partial charge on any atom is -0.317 e. The predicted octanol–water partition coefficient (Wildman–Crippen LogP) is 2.81. The second-order valence-corrected chi connectivity index (χ2v) is 7.38. The Morgan fingerprint density at radius 3 is 2.26 bits per heavy atom. The van der Waals surface area contributed by atoms with E-state index in [4.69, 9.17) is 0 Å². The van der Waals surface area contributed by atoms with Crippen LogP contribution in [0.25, 0.3) is 0 Å². The van der Waals surface area contributed by atoms with E-state index in [1.165, 1.54) is 23.4 Å². The number of piperidine rings is 1. The summed E-state index contributed by atoms with van der Waals surface area (Å²) in [7, 11) is -2.08. The van der Waals surface area contributed by atoms with E-state index < -0.39 is 21.8 Å². The third kappa shape index (κ3) is 4.37. The summed E-state index contributed by atoms with van der Waals surface area (Å²) in [6.45, 7) is 1.93. The Bertz CT molecular complexity index is 642. The lowest BCUT2D eigenvalue weighted by Gasteiger charge is -2.31. The molecule has 9 heteroatoms. The Morgan fingerprint density at radius 1 is 1.22 bits per heavy atom. The average molecular weight is 373 g/mol. The van der Waals surface area contributed by atoms with E-state index in [2.05, 4.69) is 5.32 Å². The monoisotopic (exact) mass is 372 g/mol. The van der Waals surface area contributed by atoms with Crippen molar-refractivity contribution in [2.75, 3.05) is 20.1 Å². The fourth-order valence-corrected chi connectivity index (χ4v) is 4.10. The maximum Gasteiger partial charge on any atom is 0.416 e. The van der Waals surface area contributed by atoms with Gasteiger partial charge in [-0.05, 0) is 44.5 Å². The number of aryl methyl sites for hydroxylation is 1. The number of halogens is 4. The number of hydrogen-bond donors (Lipinski definition) is 1. The fraction of sp³-hybridized carbons (Fsp3) is 0.571. The van der Waals surface area contributed by atoms with Crippen molar-refractivity contribution < 1.29 is 21.6 Å². The first kappa shape index (κ1) is 20.2. The zero-order valence-electron chi connectivity index (χ0n) is 12.9. The van der Waals surface area contributed by atoms with Crippen molar-refractivity contribution in [2.24, 2.45) is 0 Å². The van der Waals surface area contributed by atoms with E-state index in [1.807, 2.05) is 7.05 Å². The van der Waals surface area contributed by atoms with Crippen LogP contribution in [-0.4, -0.2) is 38.9 Å². The van der Waals surface area contributed by atoms with Crippen LogP contribution in [0.3, 0.4) is 0 Å². The summed E-state index contributed by atoms with van der Waals surface area (Å²) in [6, 6.07) is 3.42. The van der Waals surface area contributed by atoms with Crippen molar-refractivity contribution in [1.29, 1.82) is 0 Å². The Morgan fingerprint density at radius 2 is 1.78 bits per heavy atom. The molecular weight excluding hydrogens is 353 g/mol. The molecule has 2 rings (SSSR count). The molecule has 1 N–H and O–H groups in total. The molecule has 1 aromatic rings. The van der Waals surface area contributed by atoms with Crippen LogP contribution in [0.5, 0.6) is 0 Å². The lowest BCUT2D eigenvalue weighted by atomic mass is 10.1. The SMILES string of the molecule is CNC1CCN(S(=O)(=O)c2ccc(C)c(C(F)(F)F)c2)CC1.Cl. The molecule has 132 valence electrons. The van der Waals surface area contributed by atoms with Crippen molar-refractivity contribution in [2.45, 2.75) is 36.9 Å². The third-order valence-corrected chi connectivity index (χ3v) is 5.91. The van der Waals surface area contributed by atoms with Gasteiger partial charge in [-0.25, -0.2) is 8.42 Å². The van der Waals surface area contributed by atoms with Crippen LogP contribution in [-0.2, 0) is 16.2 Å². The zero-order chi connectivity index (χ0) is 16.5. The highest BCUT2D eigenvalue weighted by atomic mass is 35.5. The minimum atomic E-state index is -4.56. The van der Waals surface area contributed by atoms with Crippen LogP contribution < -0.4 is 5.32 Å². The summed E-state index contributed by atoms with van der Waals surface area (Å²) in [5, 5.41) is 3.08. The highest BCUT2D eigenvalue weighted by molar-refractivity contribution is 7.89. The van der Waals surface area contributed by atoms with E-state index in [-0.39, 0.29) is 28.9 Å². The van der Waals surface area contributed by atoms with Gasteiger partial charge in [-0.3, -0.25) is 0 Å². The van der Waals surface area contributed by atoms with Crippen LogP contribution in [0.1, 0.15) is 24.0 Å². The number of benzene rings is 1. The number of alkyl halides is 3. The molecule has 1 aliphatic heterocycles. The first-order valence-electron chi connectivity index (χ1n) is 7.01. The second kappa shape index (κ2) is 7.38. The molecule has 0 aromatic heterocycles. The van der Waals surface area contributed by atoms with Crippen molar-refractivity contribution in [3.8, 4) is 0 Å². The van der Waals surface area contributed by atoms with Gasteiger partial charge in [0, 0.05) is 19.1 Å². The first-order valence-corrected chi connectivity index (χ1v) is 8.45. The lowest BCUT2D eigenvalue weighted by molar-refractivity contribution is -0.138. The molecule has 0 unspecified atom stereocenters. The van der Waals surface area contributed by atoms with Gasteiger partial charge in [-0.2, -0.15) is 17.5 Å². The smallest absolute Gasteiger partial charge is 0.317 e. The molecular formula is C14H20ClF3N2O2S. The maximum atomic E-state index is 12.9. The van der Waals surface area contributed by atoms with Gasteiger partial charge in [0.15, 0.2) is 0 Å². The molecule has 23 heavy (non-hydrogen) atoms. The van der Waals surface area contributed by atoms with Gasteiger partial charge in [0.2, 0.25) is 10.0 Å². The van der Waals surface area contributed by atoms with Crippen LogP contribution in [0.15, 0.2) is 23.1 Å². The van der Waals surface area contributed by atoms with Crippen molar-refractivity contribution >= 4 is 22.4 Å². The summed E-state index contributed by atoms with van der Waals surface area (Å²) in [4.78, 5) is -0.298. The van der Waals surface area contributed by atoms with Crippen LogP contribution >= 0.6 is 12.4 Å². The molecule has 0 radical (unpaired) electrons. The van der Waals surface area contributed by atoms with Gasteiger partial charge in [-0.1, -0.05) is 6.07 Å². The lowest BCUT2D eigenvalue weighted by Crippen LogP contribution is -2.43. The van der Waals surface area contributed by atoms with Gasteiger partial charge < -0.3 is 5.32 Å². The summed E-state index contributed by atoms with van der Waals surface area (Å²) in [6.07, 6.45) is -3.27. The quantitative estimate of drug-likeness (QED) is 0.887. The highest BCUT2D eigenvalue weighted by Gasteiger charge is 2.35. The second-order valence-electron chi connectivity index (χ2n) is 5.44. The number of nitrogens with one attached hydrogen (secondary N) is 1. The van der Waals surface area contributed by atoms with Crippen molar-refractivity contribution in [3.05, 3.63) is 29.3 Å². The van der Waals surface area contributed by atoms with Gasteiger partial charge in [-0.15, -0.1) is 12.4 Å². The normalized spacial score (nSPS) is 17.8. The summed E-state index contributed by atoms with van der Waals surface area (Å²) in [5.74, 6) is 0. The molecule has 0 spiro atoms. The van der Waals surface area contributed by atoms with E-state index in [0.29, 0.717) is 25.9 Å². The molecule has 0 atom stereocenters. The maximum absolute atomic E-state index is 12.9. The van der Waals surface area contributed by atoms with Crippen LogP contribution in [0, 0.1) is 6.92 Å². The number of nitrogens with zero attached hydrogens (tertiary/aromatic N) is 1. The molecule has 1 heterocycles. The van der Waals surface area contributed by atoms with E-state index in [0.717, 1.165) is 6.07 Å². The molecule has 1 saturated heterocycles. The minimum absolute atomic E-state index is 0. The summed E-state index contributed by atoms with van der Waals surface area (Å²) < 4.78 is 65.1. The Kier molecular flexibility index (Phi) is 6.48. The van der Waals surface area contributed by atoms with E-state index in [1.54, 1.807) is 0 Å². The Labute approximate surface area is 140 Å². The Hall–Kier alpha value is -0.830. The molecule has 0 saturated carbocycles. The molecule has 1 aromatic carbocycles. The molecule has 0 aliphatic carbocycles. The molecule has 4 nitrogen and oxygen atoms in total. The topological polar surface area (TPSA) is 49.4 Å². The molecule has 1 aliphatic rings. The zero-order valence-corrected chi connectivity index (χ0v) is 14.5. The Balaban J connectivity index is 0.00000264. The predicted molar refractivity (Wildman–Crippen MR) is 84.3 cm³/mol. The molecule has 1 fully saturated rings. The highest BCUT2D eigenvalue weighted by Crippen LogP contribution is 2.34. The van der Waals surface area contributed by atoms with Crippen molar-refractivity contribution in [3.63, 3.8) is 0 Å². The van der Waals surface area contributed by atoms with Crippen LogP contribution in [0.4, 0.5) is 13.2 Å². The largest absolute Gasteiger partial charge is 0.416 e. The van der Waals surface area contributed by atoms with Crippen LogP contribution in [0.2, 0.25) is 0 Å². The van der Waals surface area contributed by atoms with Gasteiger partial charge >= 0.3 is 6.18 Å². The first-order chi connectivity index (χ1) is 10.2. The molecule has 0 amide bonds. The standard InChI is InChI=1S/C14H19F3N2O2S.ClH/c1-10-3-4-12(9-13(10)14(15,16)17)22(20,21)19-7-5-11(18-2)6-8-19;/h3-4,9,11,18H,5-8H2,1-2H3;1H. The fourth-order valence-electron chi connectivity index (χ4n) is 2.60. The average Bonchev–Trinajstić information content (AvgIpc) is 2.46. The van der Waals surface area contributed by atoms with Gasteiger partial charge in [0.1, 0.15) is 0 Å².